The number of aromatic hydroxyl groups is 1. The summed E-state index contributed by atoms with van der Waals surface area (Å²) < 4.78 is 7.08. The third kappa shape index (κ3) is 4.18. The van der Waals surface area contributed by atoms with Gasteiger partial charge in [0.2, 0.25) is 0 Å². The first-order valence-corrected chi connectivity index (χ1v) is 9.48. The monoisotopic (exact) mass is 402 g/mol. The molecule has 29 heavy (non-hydrogen) atoms. The maximum atomic E-state index is 10.4. The molecule has 0 aliphatic heterocycles. The van der Waals surface area contributed by atoms with Crippen LogP contribution in [0.15, 0.2) is 78.9 Å². The number of hydrogen-bond acceptors (Lipinski definition) is 3. The van der Waals surface area contributed by atoms with Crippen LogP contribution in [0.25, 0.3) is 29.1 Å². The van der Waals surface area contributed by atoms with Crippen LogP contribution < -0.4 is 4.74 Å². The number of ether oxygens (including phenoxy) is 1. The van der Waals surface area contributed by atoms with Crippen molar-refractivity contribution in [2.75, 3.05) is 7.11 Å². The second-order valence-corrected chi connectivity index (χ2v) is 6.91. The quantitative estimate of drug-likeness (QED) is 0.440. The fraction of sp³-hybridized carbons (Fsp3) is 0.0417. The maximum absolute atomic E-state index is 10.4. The fourth-order valence-electron chi connectivity index (χ4n) is 3.08. The number of phenols is 1. The summed E-state index contributed by atoms with van der Waals surface area (Å²) in [6.07, 6.45) is 3.90. The summed E-state index contributed by atoms with van der Waals surface area (Å²) in [4.78, 5) is 0. The van der Waals surface area contributed by atoms with Gasteiger partial charge in [-0.15, -0.1) is 0 Å². The average molecular weight is 403 g/mol. The zero-order valence-electron chi connectivity index (χ0n) is 15.8. The maximum Gasteiger partial charge on any atom is 0.125 e. The highest BCUT2D eigenvalue weighted by molar-refractivity contribution is 6.31. The van der Waals surface area contributed by atoms with Crippen LogP contribution in [0.2, 0.25) is 5.02 Å². The molecule has 144 valence electrons. The van der Waals surface area contributed by atoms with E-state index >= 15 is 0 Å². The number of nitrogens with zero attached hydrogens (tertiary/aromatic N) is 2. The summed E-state index contributed by atoms with van der Waals surface area (Å²) in [6, 6.07) is 24.5. The van der Waals surface area contributed by atoms with E-state index in [0.29, 0.717) is 10.6 Å². The molecule has 1 aromatic heterocycles. The zero-order chi connectivity index (χ0) is 20.2. The standard InChI is InChI=1S/C24H19ClN2O2/c1-29-21-9-5-6-17(14-21)10-12-19-16-23(22-15-18(25)11-13-24(22)28)27(26-19)20-7-3-2-4-8-20/h2-16,28H,1H3/b12-10+. The molecule has 3 aromatic carbocycles. The molecule has 4 nitrogen and oxygen atoms in total. The Morgan fingerprint density at radius 2 is 1.76 bits per heavy atom. The number of para-hydroxylation sites is 1. The molecular weight excluding hydrogens is 384 g/mol. The molecule has 4 aromatic rings. The van der Waals surface area contributed by atoms with Crippen LogP contribution in [0.4, 0.5) is 0 Å². The predicted octanol–water partition coefficient (Wildman–Crippen LogP) is 6.08. The lowest BCUT2D eigenvalue weighted by Gasteiger charge is -2.09. The van der Waals surface area contributed by atoms with E-state index in [1.807, 2.05) is 72.8 Å². The van der Waals surface area contributed by atoms with Crippen LogP contribution in [0.3, 0.4) is 0 Å². The van der Waals surface area contributed by atoms with E-state index in [-0.39, 0.29) is 5.75 Å². The molecule has 0 atom stereocenters. The first kappa shape index (κ1) is 18.8. The van der Waals surface area contributed by atoms with Crippen molar-refractivity contribution in [3.63, 3.8) is 0 Å². The van der Waals surface area contributed by atoms with Gasteiger partial charge in [-0.05, 0) is 60.2 Å². The minimum atomic E-state index is 0.148. The van der Waals surface area contributed by atoms with Crippen LogP contribution >= 0.6 is 11.6 Å². The molecule has 0 amide bonds. The molecule has 0 saturated heterocycles. The van der Waals surface area contributed by atoms with Gasteiger partial charge >= 0.3 is 0 Å². The number of phenolic OH excluding ortho intramolecular Hbond substituents is 1. The van der Waals surface area contributed by atoms with Crippen molar-refractivity contribution < 1.29 is 9.84 Å². The lowest BCUT2D eigenvalue weighted by Crippen LogP contribution is -1.99. The Morgan fingerprint density at radius 1 is 0.931 bits per heavy atom. The van der Waals surface area contributed by atoms with Crippen molar-refractivity contribution in [2.24, 2.45) is 0 Å². The minimum Gasteiger partial charge on any atom is -0.507 e. The number of benzene rings is 3. The van der Waals surface area contributed by atoms with Crippen molar-refractivity contribution in [1.29, 1.82) is 0 Å². The fourth-order valence-corrected chi connectivity index (χ4v) is 3.25. The molecule has 0 bridgehead atoms. The van der Waals surface area contributed by atoms with E-state index in [1.165, 1.54) is 0 Å². The highest BCUT2D eigenvalue weighted by Crippen LogP contribution is 2.34. The lowest BCUT2D eigenvalue weighted by atomic mass is 10.1. The van der Waals surface area contributed by atoms with Crippen LogP contribution in [-0.2, 0) is 0 Å². The number of aromatic nitrogens is 2. The third-order valence-electron chi connectivity index (χ3n) is 4.50. The van der Waals surface area contributed by atoms with E-state index in [9.17, 15) is 5.11 Å². The van der Waals surface area contributed by atoms with Gasteiger partial charge in [0.15, 0.2) is 0 Å². The molecule has 5 heteroatoms. The summed E-state index contributed by atoms with van der Waals surface area (Å²) in [6.45, 7) is 0. The molecule has 0 aliphatic rings. The first-order valence-electron chi connectivity index (χ1n) is 9.10. The number of methoxy groups -OCH3 is 1. The molecule has 0 fully saturated rings. The summed E-state index contributed by atoms with van der Waals surface area (Å²) in [5.41, 5.74) is 4.02. The molecule has 0 unspecified atom stereocenters. The molecule has 1 heterocycles. The van der Waals surface area contributed by atoms with Gasteiger partial charge in [0.1, 0.15) is 11.5 Å². The van der Waals surface area contributed by atoms with Crippen LogP contribution in [0, 0.1) is 0 Å². The first-order chi connectivity index (χ1) is 14.1. The average Bonchev–Trinajstić information content (AvgIpc) is 3.19. The Morgan fingerprint density at radius 3 is 2.55 bits per heavy atom. The number of halogens is 1. The highest BCUT2D eigenvalue weighted by atomic mass is 35.5. The lowest BCUT2D eigenvalue weighted by molar-refractivity contribution is 0.414. The third-order valence-corrected chi connectivity index (χ3v) is 4.74. The summed E-state index contributed by atoms with van der Waals surface area (Å²) in [5.74, 6) is 0.946. The van der Waals surface area contributed by atoms with E-state index in [1.54, 1.807) is 30.0 Å². The smallest absolute Gasteiger partial charge is 0.125 e. The van der Waals surface area contributed by atoms with Gasteiger partial charge < -0.3 is 9.84 Å². The van der Waals surface area contributed by atoms with Gasteiger partial charge in [0.05, 0.1) is 24.2 Å². The molecule has 4 rings (SSSR count). The number of rotatable bonds is 5. The molecule has 0 spiro atoms. The van der Waals surface area contributed by atoms with Gasteiger partial charge in [0.25, 0.3) is 0 Å². The van der Waals surface area contributed by atoms with Crippen molar-refractivity contribution in [2.45, 2.75) is 0 Å². The van der Waals surface area contributed by atoms with E-state index in [4.69, 9.17) is 21.4 Å². The normalized spacial score (nSPS) is 11.1. The number of hydrogen-bond donors (Lipinski definition) is 1. The van der Waals surface area contributed by atoms with Crippen LogP contribution in [0.1, 0.15) is 11.3 Å². The second-order valence-electron chi connectivity index (χ2n) is 6.47. The van der Waals surface area contributed by atoms with Crippen molar-refractivity contribution in [1.82, 2.24) is 9.78 Å². The molecule has 0 aliphatic carbocycles. The van der Waals surface area contributed by atoms with Crippen LogP contribution in [0.5, 0.6) is 11.5 Å². The minimum absolute atomic E-state index is 0.148. The van der Waals surface area contributed by atoms with Gasteiger partial charge in [-0.25, -0.2) is 4.68 Å². The Hall–Kier alpha value is -3.50. The summed E-state index contributed by atoms with van der Waals surface area (Å²) >= 11 is 6.18. The van der Waals surface area contributed by atoms with E-state index in [0.717, 1.165) is 28.4 Å². The Balaban J connectivity index is 1.79. The second kappa shape index (κ2) is 8.25. The van der Waals surface area contributed by atoms with E-state index in [2.05, 4.69) is 0 Å². The summed E-state index contributed by atoms with van der Waals surface area (Å²) in [5, 5.41) is 15.7. The van der Waals surface area contributed by atoms with Crippen molar-refractivity contribution in [3.05, 3.63) is 95.1 Å². The van der Waals surface area contributed by atoms with Gasteiger partial charge in [0, 0.05) is 10.6 Å². The molecule has 1 N–H and O–H groups in total. The Kier molecular flexibility index (Phi) is 5.36. The molecule has 0 radical (unpaired) electrons. The SMILES string of the molecule is COc1cccc(/C=C/c2cc(-c3cc(Cl)ccc3O)n(-c3ccccc3)n2)c1. The highest BCUT2D eigenvalue weighted by Gasteiger charge is 2.14. The van der Waals surface area contributed by atoms with Crippen LogP contribution in [-0.4, -0.2) is 22.0 Å². The topological polar surface area (TPSA) is 47.3 Å². The Labute approximate surface area is 174 Å². The largest absolute Gasteiger partial charge is 0.507 e. The zero-order valence-corrected chi connectivity index (χ0v) is 16.5. The molecular formula is C24H19ClN2O2. The summed E-state index contributed by atoms with van der Waals surface area (Å²) in [7, 11) is 1.65. The van der Waals surface area contributed by atoms with Gasteiger partial charge in [-0.2, -0.15) is 5.10 Å². The van der Waals surface area contributed by atoms with Crippen molar-refractivity contribution >= 4 is 23.8 Å². The Bertz CT molecular complexity index is 1170. The van der Waals surface area contributed by atoms with Gasteiger partial charge in [-0.1, -0.05) is 48.0 Å². The van der Waals surface area contributed by atoms with Crippen molar-refractivity contribution in [3.8, 4) is 28.4 Å². The van der Waals surface area contributed by atoms with E-state index < -0.39 is 0 Å². The molecule has 0 saturated carbocycles. The predicted molar refractivity (Wildman–Crippen MR) is 118 cm³/mol. The van der Waals surface area contributed by atoms with Gasteiger partial charge in [-0.3, -0.25) is 0 Å².